The van der Waals surface area contributed by atoms with Gasteiger partial charge in [0.25, 0.3) is 0 Å². The van der Waals surface area contributed by atoms with Crippen LogP contribution in [-0.2, 0) is 9.31 Å². The molecule has 0 unspecified atom stereocenters. The van der Waals surface area contributed by atoms with Crippen LogP contribution in [0.3, 0.4) is 0 Å². The first-order chi connectivity index (χ1) is 11.4. The monoisotopic (exact) mass is 338 g/mol. The molecule has 122 valence electrons. The zero-order valence-electron chi connectivity index (χ0n) is 14.2. The van der Waals surface area contributed by atoms with E-state index in [1.54, 1.807) is 17.5 Å². The van der Waals surface area contributed by atoms with Crippen molar-refractivity contribution in [3.63, 3.8) is 0 Å². The van der Waals surface area contributed by atoms with Crippen molar-refractivity contribution in [3.8, 4) is 10.6 Å². The highest BCUT2D eigenvalue weighted by molar-refractivity contribution is 7.21. The first-order valence-electron chi connectivity index (χ1n) is 8.02. The van der Waals surface area contributed by atoms with Crippen molar-refractivity contribution in [1.82, 2.24) is 9.97 Å². The molecule has 4 nitrogen and oxygen atoms in total. The van der Waals surface area contributed by atoms with Gasteiger partial charge in [0.15, 0.2) is 0 Å². The Bertz CT molecular complexity index is 876. The standard InChI is InChI=1S/C18H19BN2O2S/c1-17(2)18(3,4)23-19(22-17)13-7-8-15-14(10-13)21-16(24-15)12-6-5-9-20-11-12/h5-11H,1-4H3. The van der Waals surface area contributed by atoms with Gasteiger partial charge in [-0.15, -0.1) is 11.3 Å². The molecule has 1 fully saturated rings. The second-order valence-corrected chi connectivity index (χ2v) is 8.11. The summed E-state index contributed by atoms with van der Waals surface area (Å²) in [5.41, 5.74) is 2.33. The average molecular weight is 338 g/mol. The van der Waals surface area contributed by atoms with Crippen molar-refractivity contribution in [2.45, 2.75) is 38.9 Å². The van der Waals surface area contributed by atoms with Crippen molar-refractivity contribution in [3.05, 3.63) is 42.7 Å². The van der Waals surface area contributed by atoms with Crippen LogP contribution in [-0.4, -0.2) is 28.3 Å². The van der Waals surface area contributed by atoms with E-state index in [1.165, 1.54) is 0 Å². The van der Waals surface area contributed by atoms with Crippen LogP contribution in [0.4, 0.5) is 0 Å². The molecule has 0 aliphatic carbocycles. The Balaban J connectivity index is 1.70. The molecule has 0 spiro atoms. The van der Waals surface area contributed by atoms with Crippen LogP contribution in [0.1, 0.15) is 27.7 Å². The minimum atomic E-state index is -0.358. The zero-order valence-corrected chi connectivity index (χ0v) is 15.1. The third-order valence-electron chi connectivity index (χ3n) is 4.85. The van der Waals surface area contributed by atoms with E-state index in [2.05, 4.69) is 50.9 Å². The second kappa shape index (κ2) is 5.38. The van der Waals surface area contributed by atoms with Crippen molar-refractivity contribution in [1.29, 1.82) is 0 Å². The van der Waals surface area contributed by atoms with Gasteiger partial charge in [-0.1, -0.05) is 6.07 Å². The maximum absolute atomic E-state index is 6.13. The number of benzene rings is 1. The fraction of sp³-hybridized carbons (Fsp3) is 0.333. The summed E-state index contributed by atoms with van der Waals surface area (Å²) < 4.78 is 13.4. The Morgan fingerprint density at radius 1 is 1.04 bits per heavy atom. The van der Waals surface area contributed by atoms with E-state index in [0.717, 1.165) is 26.3 Å². The van der Waals surface area contributed by atoms with Gasteiger partial charge in [0.1, 0.15) is 5.01 Å². The molecule has 4 rings (SSSR count). The van der Waals surface area contributed by atoms with E-state index in [1.807, 2.05) is 18.3 Å². The lowest BCUT2D eigenvalue weighted by atomic mass is 9.79. The molecule has 3 aromatic rings. The molecule has 1 aromatic carbocycles. The Kier molecular flexibility index (Phi) is 3.53. The fourth-order valence-corrected chi connectivity index (χ4v) is 3.62. The molecule has 0 amide bonds. The molecular formula is C18H19BN2O2S. The summed E-state index contributed by atoms with van der Waals surface area (Å²) in [6, 6.07) is 10.2. The lowest BCUT2D eigenvalue weighted by molar-refractivity contribution is 0.00578. The maximum atomic E-state index is 6.13. The van der Waals surface area contributed by atoms with Crippen LogP contribution in [0.2, 0.25) is 0 Å². The van der Waals surface area contributed by atoms with Crippen LogP contribution in [0.15, 0.2) is 42.7 Å². The number of hydrogen-bond donors (Lipinski definition) is 0. The third kappa shape index (κ3) is 2.55. The van der Waals surface area contributed by atoms with Crippen molar-refractivity contribution >= 4 is 34.1 Å². The second-order valence-electron chi connectivity index (χ2n) is 7.08. The van der Waals surface area contributed by atoms with E-state index in [0.29, 0.717) is 0 Å². The molecule has 1 saturated heterocycles. The van der Waals surface area contributed by atoms with Crippen LogP contribution in [0, 0.1) is 0 Å². The molecule has 0 radical (unpaired) electrons. The molecule has 3 heterocycles. The average Bonchev–Trinajstić information content (AvgIpc) is 3.06. The van der Waals surface area contributed by atoms with Gasteiger partial charge in [-0.25, -0.2) is 4.98 Å². The lowest BCUT2D eigenvalue weighted by Crippen LogP contribution is -2.41. The molecule has 24 heavy (non-hydrogen) atoms. The van der Waals surface area contributed by atoms with Gasteiger partial charge < -0.3 is 9.31 Å². The summed E-state index contributed by atoms with van der Waals surface area (Å²) in [5, 5.41) is 0.976. The molecule has 1 aliphatic heterocycles. The van der Waals surface area contributed by atoms with Crippen molar-refractivity contribution in [2.75, 3.05) is 0 Å². The quantitative estimate of drug-likeness (QED) is 0.669. The predicted molar refractivity (Wildman–Crippen MR) is 98.6 cm³/mol. The highest BCUT2D eigenvalue weighted by Gasteiger charge is 2.51. The first kappa shape index (κ1) is 15.8. The van der Waals surface area contributed by atoms with Crippen molar-refractivity contribution < 1.29 is 9.31 Å². The fourth-order valence-electron chi connectivity index (χ4n) is 2.68. The summed E-state index contributed by atoms with van der Waals surface area (Å²) >= 11 is 1.67. The lowest BCUT2D eigenvalue weighted by Gasteiger charge is -2.32. The van der Waals surface area contributed by atoms with Gasteiger partial charge in [0.2, 0.25) is 0 Å². The van der Waals surface area contributed by atoms with E-state index >= 15 is 0 Å². The minimum absolute atomic E-state index is 0.338. The van der Waals surface area contributed by atoms with Crippen LogP contribution < -0.4 is 5.46 Å². The SMILES string of the molecule is CC1(C)OB(c2ccc3sc(-c4cccnc4)nc3c2)OC1(C)C. The largest absolute Gasteiger partial charge is 0.494 e. The summed E-state index contributed by atoms with van der Waals surface area (Å²) in [4.78, 5) is 8.93. The molecule has 0 N–H and O–H groups in total. The Morgan fingerprint density at radius 3 is 2.46 bits per heavy atom. The third-order valence-corrected chi connectivity index (χ3v) is 5.93. The van der Waals surface area contributed by atoms with E-state index in [-0.39, 0.29) is 18.3 Å². The minimum Gasteiger partial charge on any atom is -0.399 e. The Morgan fingerprint density at radius 2 is 1.79 bits per heavy atom. The van der Waals surface area contributed by atoms with Gasteiger partial charge in [0, 0.05) is 18.0 Å². The molecule has 6 heteroatoms. The number of rotatable bonds is 2. The van der Waals surface area contributed by atoms with Gasteiger partial charge in [0.05, 0.1) is 21.4 Å². The van der Waals surface area contributed by atoms with Gasteiger partial charge >= 0.3 is 7.12 Å². The maximum Gasteiger partial charge on any atom is 0.494 e. The number of nitrogens with zero attached hydrogens (tertiary/aromatic N) is 2. The van der Waals surface area contributed by atoms with Crippen LogP contribution in [0.5, 0.6) is 0 Å². The molecule has 0 bridgehead atoms. The number of pyridine rings is 1. The van der Waals surface area contributed by atoms with Gasteiger partial charge in [-0.05, 0) is 57.4 Å². The van der Waals surface area contributed by atoms with Crippen LogP contribution >= 0.6 is 11.3 Å². The summed E-state index contributed by atoms with van der Waals surface area (Å²) in [5.74, 6) is 0. The van der Waals surface area contributed by atoms with Gasteiger partial charge in [-0.2, -0.15) is 0 Å². The number of aromatic nitrogens is 2. The normalized spacial score (nSPS) is 19.1. The number of fused-ring (bicyclic) bond motifs is 1. The molecular weight excluding hydrogens is 319 g/mol. The van der Waals surface area contributed by atoms with E-state index in [9.17, 15) is 0 Å². The Hall–Kier alpha value is -1.76. The van der Waals surface area contributed by atoms with Crippen molar-refractivity contribution in [2.24, 2.45) is 0 Å². The molecule has 2 aromatic heterocycles. The van der Waals surface area contributed by atoms with Gasteiger partial charge in [-0.3, -0.25) is 4.98 Å². The summed E-state index contributed by atoms with van der Waals surface area (Å²) in [6.45, 7) is 8.26. The first-order valence-corrected chi connectivity index (χ1v) is 8.84. The topological polar surface area (TPSA) is 44.2 Å². The number of thiazole rings is 1. The van der Waals surface area contributed by atoms with E-state index < -0.39 is 0 Å². The smallest absolute Gasteiger partial charge is 0.399 e. The van der Waals surface area contributed by atoms with Crippen LogP contribution in [0.25, 0.3) is 20.8 Å². The molecule has 0 atom stereocenters. The summed E-state index contributed by atoms with van der Waals surface area (Å²) in [7, 11) is -0.358. The number of hydrogen-bond acceptors (Lipinski definition) is 5. The van der Waals surface area contributed by atoms with E-state index in [4.69, 9.17) is 14.3 Å². The Labute approximate surface area is 146 Å². The summed E-state index contributed by atoms with van der Waals surface area (Å²) in [6.07, 6.45) is 3.61. The molecule has 0 saturated carbocycles. The molecule has 1 aliphatic rings. The highest BCUT2D eigenvalue weighted by Crippen LogP contribution is 2.37. The predicted octanol–water partition coefficient (Wildman–Crippen LogP) is 3.66. The zero-order chi connectivity index (χ0) is 16.9. The highest BCUT2D eigenvalue weighted by atomic mass is 32.1.